The van der Waals surface area contributed by atoms with Crippen molar-refractivity contribution in [2.24, 2.45) is 7.05 Å². The molecule has 0 aromatic carbocycles. The fourth-order valence-corrected chi connectivity index (χ4v) is 4.53. The van der Waals surface area contributed by atoms with Crippen LogP contribution in [0.15, 0.2) is 11.2 Å². The molecule has 1 aliphatic rings. The second-order valence-corrected chi connectivity index (χ2v) is 10.8. The van der Waals surface area contributed by atoms with Gasteiger partial charge < -0.3 is 9.47 Å². The number of thioether (sulfide) groups is 1. The third kappa shape index (κ3) is 7.21. The van der Waals surface area contributed by atoms with Crippen molar-refractivity contribution in [3.05, 3.63) is 23.4 Å². The molecule has 0 atom stereocenters. The summed E-state index contributed by atoms with van der Waals surface area (Å²) >= 11 is 1.71. The first-order valence-electron chi connectivity index (χ1n) is 11.3. The zero-order valence-corrected chi connectivity index (χ0v) is 22.3. The minimum atomic E-state index is -4.49. The number of hydrogen-bond donors (Lipinski definition) is 0. The molecule has 0 radical (unpaired) electrons. The Balaban J connectivity index is 0.00000408. The normalized spacial score (nSPS) is 15.6. The maximum Gasteiger partial charge on any atom is 0.433 e. The van der Waals surface area contributed by atoms with Crippen LogP contribution in [-0.4, -0.2) is 68.1 Å². The van der Waals surface area contributed by atoms with Crippen LogP contribution < -0.4 is 4.90 Å². The molecule has 7 nitrogen and oxygen atoms in total. The second-order valence-electron chi connectivity index (χ2n) is 9.77. The van der Waals surface area contributed by atoms with Gasteiger partial charge in [-0.1, -0.05) is 46.4 Å². The van der Waals surface area contributed by atoms with E-state index in [9.17, 15) is 13.2 Å². The summed E-state index contributed by atoms with van der Waals surface area (Å²) in [6, 6.07) is 1.08. The van der Waals surface area contributed by atoms with E-state index < -0.39 is 17.3 Å². The van der Waals surface area contributed by atoms with Gasteiger partial charge in [-0.3, -0.25) is 4.90 Å². The number of hydrogen-bond acceptors (Lipinski definition) is 7. The van der Waals surface area contributed by atoms with Gasteiger partial charge in [-0.2, -0.15) is 13.2 Å². The molecule has 3 rings (SSSR count). The highest BCUT2D eigenvalue weighted by atomic mass is 35.5. The lowest BCUT2D eigenvalue weighted by Crippen LogP contribution is -2.47. The Hall–Kier alpha value is -1.59. The summed E-state index contributed by atoms with van der Waals surface area (Å²) < 4.78 is 42.2. The lowest BCUT2D eigenvalue weighted by Gasteiger charge is -2.36. The Morgan fingerprint density at radius 2 is 1.68 bits per heavy atom. The molecule has 1 fully saturated rings. The number of nitrogens with zero attached hydrogens (tertiary/aromatic N) is 7. The fourth-order valence-electron chi connectivity index (χ4n) is 3.68. The van der Waals surface area contributed by atoms with E-state index in [2.05, 4.69) is 43.5 Å². The zero-order chi connectivity index (χ0) is 24.4. The molecule has 0 unspecified atom stereocenters. The predicted molar refractivity (Wildman–Crippen MR) is 132 cm³/mol. The third-order valence-electron chi connectivity index (χ3n) is 5.60. The van der Waals surface area contributed by atoms with Gasteiger partial charge in [0.05, 0.1) is 0 Å². The second kappa shape index (κ2) is 11.4. The van der Waals surface area contributed by atoms with Crippen LogP contribution >= 0.6 is 24.2 Å². The van der Waals surface area contributed by atoms with Crippen LogP contribution in [0.5, 0.6) is 0 Å². The first kappa shape index (κ1) is 28.6. The average molecular weight is 522 g/mol. The number of rotatable bonds is 7. The Labute approximate surface area is 210 Å². The minimum absolute atomic E-state index is 0. The molecule has 12 heteroatoms. The standard InChI is InChI=1S/C22H34F3N7S.ClH/c1-15(2)18-28-29-20(30(18)6)33-13-7-8-31-9-11-32(12-10-31)17-14-16(22(23,24)25)26-19(27-17)21(3,4)5;/h14-15H,7-13H2,1-6H3;1H. The topological polar surface area (TPSA) is 63.0 Å². The summed E-state index contributed by atoms with van der Waals surface area (Å²) in [5.41, 5.74) is -1.44. The van der Waals surface area contributed by atoms with Crippen molar-refractivity contribution in [3.8, 4) is 0 Å². The van der Waals surface area contributed by atoms with E-state index in [0.717, 1.165) is 48.9 Å². The summed E-state index contributed by atoms with van der Waals surface area (Å²) in [4.78, 5) is 12.6. The molecule has 192 valence electrons. The van der Waals surface area contributed by atoms with Crippen LogP contribution in [0, 0.1) is 0 Å². The quantitative estimate of drug-likeness (QED) is 0.384. The Morgan fingerprint density at radius 1 is 1.03 bits per heavy atom. The van der Waals surface area contributed by atoms with Crippen molar-refractivity contribution in [3.63, 3.8) is 0 Å². The molecule has 0 bridgehead atoms. The van der Waals surface area contributed by atoms with Gasteiger partial charge in [0, 0.05) is 56.4 Å². The van der Waals surface area contributed by atoms with Crippen molar-refractivity contribution in [1.29, 1.82) is 0 Å². The molecule has 0 amide bonds. The summed E-state index contributed by atoms with van der Waals surface area (Å²) in [5.74, 6) is 2.85. The van der Waals surface area contributed by atoms with Gasteiger partial charge >= 0.3 is 6.18 Å². The predicted octanol–water partition coefficient (Wildman–Crippen LogP) is 4.77. The molecule has 0 aliphatic carbocycles. The summed E-state index contributed by atoms with van der Waals surface area (Å²) in [5, 5.41) is 9.47. The summed E-state index contributed by atoms with van der Waals surface area (Å²) in [6.07, 6.45) is -3.48. The van der Waals surface area contributed by atoms with Crippen molar-refractivity contribution in [1.82, 2.24) is 29.6 Å². The van der Waals surface area contributed by atoms with Gasteiger partial charge in [0.2, 0.25) is 0 Å². The van der Waals surface area contributed by atoms with Crippen LogP contribution in [0.4, 0.5) is 19.0 Å². The van der Waals surface area contributed by atoms with E-state index >= 15 is 0 Å². The number of alkyl halides is 3. The number of anilines is 1. The van der Waals surface area contributed by atoms with Crippen molar-refractivity contribution < 1.29 is 13.2 Å². The molecule has 1 aliphatic heterocycles. The minimum Gasteiger partial charge on any atom is -0.354 e. The van der Waals surface area contributed by atoms with Crippen LogP contribution in [0.25, 0.3) is 0 Å². The smallest absolute Gasteiger partial charge is 0.354 e. The summed E-state index contributed by atoms with van der Waals surface area (Å²) in [7, 11) is 2.00. The van der Waals surface area contributed by atoms with Crippen molar-refractivity contribution in [2.75, 3.05) is 43.4 Å². The maximum atomic E-state index is 13.4. The third-order valence-corrected chi connectivity index (χ3v) is 6.71. The van der Waals surface area contributed by atoms with Crippen molar-refractivity contribution in [2.45, 2.75) is 63.7 Å². The Bertz CT molecular complexity index is 903. The number of aromatic nitrogens is 5. The first-order valence-corrected chi connectivity index (χ1v) is 12.3. The molecule has 0 spiro atoms. The molecule has 1 saturated heterocycles. The first-order chi connectivity index (χ1) is 15.4. The maximum absolute atomic E-state index is 13.4. The molecule has 2 aromatic rings. The molecule has 34 heavy (non-hydrogen) atoms. The zero-order valence-electron chi connectivity index (χ0n) is 20.7. The average Bonchev–Trinajstić information content (AvgIpc) is 3.10. The molecular formula is C22H35ClF3N7S. The van der Waals surface area contributed by atoms with E-state index in [0.29, 0.717) is 24.8 Å². The monoisotopic (exact) mass is 521 g/mol. The number of halogens is 4. The van der Waals surface area contributed by atoms with Gasteiger partial charge in [0.1, 0.15) is 23.2 Å². The van der Waals surface area contributed by atoms with Crippen LogP contribution in [0.1, 0.15) is 64.3 Å². The highest BCUT2D eigenvalue weighted by molar-refractivity contribution is 7.99. The molecule has 0 N–H and O–H groups in total. The van der Waals surface area contributed by atoms with Gasteiger partial charge in [0.15, 0.2) is 5.16 Å². The van der Waals surface area contributed by atoms with E-state index in [1.54, 1.807) is 11.8 Å². The highest BCUT2D eigenvalue weighted by Gasteiger charge is 2.36. The molecular weight excluding hydrogens is 487 g/mol. The molecule has 0 saturated carbocycles. The Kier molecular flexibility index (Phi) is 9.63. The van der Waals surface area contributed by atoms with Crippen molar-refractivity contribution >= 4 is 30.0 Å². The number of piperazine rings is 1. The van der Waals surface area contributed by atoms with E-state index in [-0.39, 0.29) is 18.2 Å². The SMILES string of the molecule is CC(C)c1nnc(SCCCN2CCN(c3cc(C(F)(F)F)nc(C(C)(C)C)n3)CC2)n1C.Cl. The lowest BCUT2D eigenvalue weighted by atomic mass is 9.95. The highest BCUT2D eigenvalue weighted by Crippen LogP contribution is 2.32. The van der Waals surface area contributed by atoms with Crippen LogP contribution in [-0.2, 0) is 18.6 Å². The van der Waals surface area contributed by atoms with Gasteiger partial charge in [-0.05, 0) is 13.0 Å². The molecule has 2 aromatic heterocycles. The lowest BCUT2D eigenvalue weighted by molar-refractivity contribution is -0.141. The van der Waals surface area contributed by atoms with Crippen LogP contribution in [0.3, 0.4) is 0 Å². The van der Waals surface area contributed by atoms with Gasteiger partial charge in [0.25, 0.3) is 0 Å². The van der Waals surface area contributed by atoms with Gasteiger partial charge in [-0.25, -0.2) is 9.97 Å². The summed E-state index contributed by atoms with van der Waals surface area (Å²) in [6.45, 7) is 13.5. The molecule has 3 heterocycles. The van der Waals surface area contributed by atoms with Crippen LogP contribution in [0.2, 0.25) is 0 Å². The van der Waals surface area contributed by atoms with E-state index in [1.165, 1.54) is 0 Å². The van der Waals surface area contributed by atoms with Gasteiger partial charge in [-0.15, -0.1) is 22.6 Å². The fraction of sp³-hybridized carbons (Fsp3) is 0.727. The van der Waals surface area contributed by atoms with E-state index in [4.69, 9.17) is 0 Å². The van der Waals surface area contributed by atoms with E-state index in [1.807, 2.05) is 32.7 Å². The Morgan fingerprint density at radius 3 is 2.21 bits per heavy atom. The largest absolute Gasteiger partial charge is 0.433 e.